The zero-order chi connectivity index (χ0) is 19.1. The first-order chi connectivity index (χ1) is 13.0. The van der Waals surface area contributed by atoms with Crippen LogP contribution in [0.2, 0.25) is 0 Å². The highest BCUT2D eigenvalue weighted by atomic mass is 79.9. The summed E-state index contributed by atoms with van der Waals surface area (Å²) in [4.78, 5) is 27.9. The molecule has 1 aliphatic heterocycles. The Labute approximate surface area is 164 Å². The Morgan fingerprint density at radius 1 is 1.15 bits per heavy atom. The number of hydrogen-bond acceptors (Lipinski definition) is 4. The Bertz CT molecular complexity index is 1090. The number of halogens is 1. The molecular weight excluding hydrogens is 410 g/mol. The van der Waals surface area contributed by atoms with Crippen molar-refractivity contribution in [3.63, 3.8) is 0 Å². The van der Waals surface area contributed by atoms with E-state index in [1.807, 2.05) is 37.3 Å². The van der Waals surface area contributed by atoms with Crippen LogP contribution in [-0.4, -0.2) is 29.1 Å². The van der Waals surface area contributed by atoms with Crippen LogP contribution in [0.15, 0.2) is 56.1 Å². The first-order valence-corrected chi connectivity index (χ1v) is 9.55. The number of aliphatic hydroxyl groups excluding tert-OH is 1. The molecule has 4 rings (SSSR count). The fraction of sp³-hybridized carbons (Fsp3) is 0.238. The number of rotatable bonds is 4. The maximum atomic E-state index is 13.3. The van der Waals surface area contributed by atoms with Gasteiger partial charge in [-0.25, -0.2) is 0 Å². The van der Waals surface area contributed by atoms with Crippen LogP contribution in [0.4, 0.5) is 0 Å². The van der Waals surface area contributed by atoms with Crippen LogP contribution in [0.5, 0.6) is 0 Å². The van der Waals surface area contributed by atoms with E-state index in [9.17, 15) is 14.7 Å². The number of benzene rings is 2. The molecule has 6 heteroatoms. The van der Waals surface area contributed by atoms with Crippen molar-refractivity contribution < 1.29 is 14.3 Å². The predicted molar refractivity (Wildman–Crippen MR) is 106 cm³/mol. The number of nitrogens with zero attached hydrogens (tertiary/aromatic N) is 1. The number of amides is 1. The number of aryl methyl sites for hydroxylation is 1. The van der Waals surface area contributed by atoms with Gasteiger partial charge in [-0.2, -0.15) is 0 Å². The Hall–Kier alpha value is -2.44. The molecule has 0 spiro atoms. The lowest BCUT2D eigenvalue weighted by molar-refractivity contribution is 0.0716. The minimum absolute atomic E-state index is 0.0320. The van der Waals surface area contributed by atoms with E-state index in [-0.39, 0.29) is 23.7 Å². The molecule has 138 valence electrons. The average molecular weight is 428 g/mol. The maximum Gasteiger partial charge on any atom is 0.290 e. The highest BCUT2D eigenvalue weighted by Crippen LogP contribution is 2.38. The normalized spacial score (nSPS) is 16.2. The molecule has 3 aromatic rings. The minimum Gasteiger partial charge on any atom is -0.450 e. The van der Waals surface area contributed by atoms with Crippen molar-refractivity contribution in [2.45, 2.75) is 19.4 Å². The van der Waals surface area contributed by atoms with E-state index in [0.717, 1.165) is 15.6 Å². The molecule has 1 N–H and O–H groups in total. The summed E-state index contributed by atoms with van der Waals surface area (Å²) in [6.45, 7) is 2.22. The van der Waals surface area contributed by atoms with E-state index in [4.69, 9.17) is 4.42 Å². The van der Waals surface area contributed by atoms with Gasteiger partial charge in [0.1, 0.15) is 5.58 Å². The van der Waals surface area contributed by atoms with Gasteiger partial charge in [-0.3, -0.25) is 9.59 Å². The van der Waals surface area contributed by atoms with Gasteiger partial charge in [-0.1, -0.05) is 39.7 Å². The molecule has 0 fully saturated rings. The molecule has 0 bridgehead atoms. The Morgan fingerprint density at radius 2 is 1.89 bits per heavy atom. The minimum atomic E-state index is -0.520. The highest BCUT2D eigenvalue weighted by Gasteiger charge is 2.42. The maximum absolute atomic E-state index is 13.3. The van der Waals surface area contributed by atoms with Gasteiger partial charge in [0, 0.05) is 17.6 Å². The first kappa shape index (κ1) is 17.9. The predicted octanol–water partition coefficient (Wildman–Crippen LogP) is 3.79. The molecule has 1 aromatic heterocycles. The Morgan fingerprint density at radius 3 is 2.59 bits per heavy atom. The summed E-state index contributed by atoms with van der Waals surface area (Å²) in [7, 11) is 0. The average Bonchev–Trinajstić information content (AvgIpc) is 2.94. The Kier molecular flexibility index (Phi) is 4.61. The molecule has 0 radical (unpaired) electrons. The third-order valence-electron chi connectivity index (χ3n) is 4.86. The number of hydrogen-bond donors (Lipinski definition) is 1. The monoisotopic (exact) mass is 427 g/mol. The highest BCUT2D eigenvalue weighted by molar-refractivity contribution is 9.10. The van der Waals surface area contributed by atoms with Gasteiger partial charge in [-0.15, -0.1) is 0 Å². The number of fused-ring (bicyclic) bond motifs is 2. The van der Waals surface area contributed by atoms with Crippen LogP contribution in [-0.2, 0) is 0 Å². The summed E-state index contributed by atoms with van der Waals surface area (Å²) in [5, 5.41) is 9.71. The van der Waals surface area contributed by atoms with Gasteiger partial charge < -0.3 is 14.4 Å². The molecule has 2 heterocycles. The number of aliphatic hydroxyl groups is 1. The zero-order valence-corrected chi connectivity index (χ0v) is 16.3. The molecule has 1 amide bonds. The van der Waals surface area contributed by atoms with Crippen molar-refractivity contribution in [1.82, 2.24) is 4.90 Å². The summed E-state index contributed by atoms with van der Waals surface area (Å²) < 4.78 is 6.79. The first-order valence-electron chi connectivity index (χ1n) is 8.76. The second kappa shape index (κ2) is 6.94. The van der Waals surface area contributed by atoms with Crippen LogP contribution >= 0.6 is 15.9 Å². The molecule has 5 nitrogen and oxygen atoms in total. The summed E-state index contributed by atoms with van der Waals surface area (Å²) in [5.74, 6) is -0.215. The van der Waals surface area contributed by atoms with Crippen molar-refractivity contribution >= 4 is 32.8 Å². The number of carbonyl (C=O) groups excluding carboxylic acids is 1. The SMILES string of the molecule is Cc1ccc2oc3c(c(=O)c2c1)C(c1ccc(Br)cc1)N(CCCO)C3=O. The van der Waals surface area contributed by atoms with Crippen LogP contribution in [0, 0.1) is 6.92 Å². The molecule has 1 aliphatic rings. The van der Waals surface area contributed by atoms with Gasteiger partial charge in [-0.05, 0) is 43.2 Å². The molecule has 27 heavy (non-hydrogen) atoms. The second-order valence-corrected chi connectivity index (χ2v) is 7.62. The van der Waals surface area contributed by atoms with Crippen LogP contribution < -0.4 is 5.43 Å². The van der Waals surface area contributed by atoms with E-state index in [2.05, 4.69) is 15.9 Å². The smallest absolute Gasteiger partial charge is 0.290 e. The van der Waals surface area contributed by atoms with Gasteiger partial charge in [0.2, 0.25) is 5.76 Å². The van der Waals surface area contributed by atoms with Crippen molar-refractivity contribution in [1.29, 1.82) is 0 Å². The molecule has 0 saturated carbocycles. The summed E-state index contributed by atoms with van der Waals surface area (Å²) in [6, 6.07) is 12.4. The van der Waals surface area contributed by atoms with E-state index < -0.39 is 6.04 Å². The van der Waals surface area contributed by atoms with Crippen LogP contribution in [0.1, 0.15) is 39.7 Å². The standard InChI is InChI=1S/C21H18BrNO4/c1-12-3-8-16-15(11-12)19(25)17-18(13-4-6-14(22)7-5-13)23(9-2-10-24)21(26)20(17)27-16/h3-8,11,18,24H,2,9-10H2,1H3. The summed E-state index contributed by atoms with van der Waals surface area (Å²) in [6.07, 6.45) is 0.430. The van der Waals surface area contributed by atoms with Gasteiger partial charge in [0.25, 0.3) is 5.91 Å². The van der Waals surface area contributed by atoms with E-state index >= 15 is 0 Å². The molecule has 1 atom stereocenters. The molecule has 0 saturated heterocycles. The quantitative estimate of drug-likeness (QED) is 0.687. The van der Waals surface area contributed by atoms with Crippen LogP contribution in [0.25, 0.3) is 11.0 Å². The van der Waals surface area contributed by atoms with Crippen molar-refractivity contribution in [3.8, 4) is 0 Å². The molecule has 0 aliphatic carbocycles. The lowest BCUT2D eigenvalue weighted by Crippen LogP contribution is -2.31. The second-order valence-electron chi connectivity index (χ2n) is 6.70. The number of carbonyl (C=O) groups is 1. The fourth-order valence-electron chi connectivity index (χ4n) is 3.60. The Balaban J connectivity index is 1.97. The lowest BCUT2D eigenvalue weighted by Gasteiger charge is -2.24. The lowest BCUT2D eigenvalue weighted by atomic mass is 9.98. The van der Waals surface area contributed by atoms with Crippen LogP contribution in [0.3, 0.4) is 0 Å². The van der Waals surface area contributed by atoms with E-state index in [0.29, 0.717) is 29.5 Å². The molecular formula is C21H18BrNO4. The molecule has 2 aromatic carbocycles. The van der Waals surface area contributed by atoms with Crippen molar-refractivity contribution in [2.24, 2.45) is 0 Å². The van der Waals surface area contributed by atoms with Crippen molar-refractivity contribution in [3.05, 3.63) is 79.6 Å². The van der Waals surface area contributed by atoms with E-state index in [1.54, 1.807) is 17.0 Å². The summed E-state index contributed by atoms with van der Waals surface area (Å²) in [5.41, 5.74) is 2.40. The fourth-order valence-corrected chi connectivity index (χ4v) is 3.86. The third-order valence-corrected chi connectivity index (χ3v) is 5.39. The third kappa shape index (κ3) is 2.99. The largest absolute Gasteiger partial charge is 0.450 e. The van der Waals surface area contributed by atoms with Gasteiger partial charge in [0.05, 0.1) is 17.0 Å². The summed E-state index contributed by atoms with van der Waals surface area (Å²) >= 11 is 3.42. The zero-order valence-electron chi connectivity index (χ0n) is 14.7. The van der Waals surface area contributed by atoms with Crippen molar-refractivity contribution in [2.75, 3.05) is 13.2 Å². The van der Waals surface area contributed by atoms with Gasteiger partial charge >= 0.3 is 0 Å². The van der Waals surface area contributed by atoms with Gasteiger partial charge in [0.15, 0.2) is 5.43 Å². The molecule has 1 unspecified atom stereocenters. The van der Waals surface area contributed by atoms with E-state index in [1.165, 1.54) is 0 Å². The topological polar surface area (TPSA) is 70.8 Å².